The first-order valence-electron chi connectivity index (χ1n) is 10.3. The van der Waals surface area contributed by atoms with Crippen LogP contribution in [0.4, 0.5) is 5.82 Å². The number of rotatable bonds is 4. The molecule has 1 aliphatic carbocycles. The van der Waals surface area contributed by atoms with Crippen molar-refractivity contribution in [3.05, 3.63) is 23.9 Å². The predicted octanol–water partition coefficient (Wildman–Crippen LogP) is 1.67. The highest BCUT2D eigenvalue weighted by Crippen LogP contribution is 2.47. The maximum absolute atomic E-state index is 12.8. The average Bonchev–Trinajstić information content (AvgIpc) is 3.06. The molecule has 1 aromatic heterocycles. The van der Waals surface area contributed by atoms with Crippen molar-refractivity contribution in [1.82, 2.24) is 15.2 Å². The van der Waals surface area contributed by atoms with Gasteiger partial charge < -0.3 is 15.1 Å². The molecule has 1 aromatic rings. The van der Waals surface area contributed by atoms with Crippen LogP contribution in [0, 0.1) is 28.7 Å². The summed E-state index contributed by atoms with van der Waals surface area (Å²) in [5, 5.41) is 21.9. The Balaban J connectivity index is 1.22. The number of anilines is 1. The van der Waals surface area contributed by atoms with E-state index in [1.54, 1.807) is 0 Å². The molecule has 7 nitrogen and oxygen atoms in total. The van der Waals surface area contributed by atoms with Gasteiger partial charge in [0.1, 0.15) is 5.82 Å². The van der Waals surface area contributed by atoms with Gasteiger partial charge in [0.2, 0.25) is 5.91 Å². The summed E-state index contributed by atoms with van der Waals surface area (Å²) in [5.41, 5.74) is 0.472. The Kier molecular flexibility index (Phi) is 3.94. The minimum absolute atomic E-state index is 0.0500. The molecule has 1 saturated carbocycles. The third-order valence-corrected chi connectivity index (χ3v) is 7.05. The van der Waals surface area contributed by atoms with E-state index in [0.717, 1.165) is 56.6 Å². The standard InChI is InChI=1S/C21H24N6O/c22-12-21(7-8-21)18-2-1-3-19(25-18)26-9-6-14(11-26)20(28)24-16-10-15-4-5-17(16)27(15)13-23/h1-3,14-17H,4-11H2,(H,24,28)/t14-,15-,16+,17+/m0/s1. The van der Waals surface area contributed by atoms with Crippen LogP contribution in [0.15, 0.2) is 18.2 Å². The number of pyridine rings is 1. The number of amides is 1. The Morgan fingerprint density at radius 3 is 2.82 bits per heavy atom. The fraction of sp³-hybridized carbons (Fsp3) is 0.619. The molecule has 0 unspecified atom stereocenters. The maximum atomic E-state index is 12.8. The second-order valence-electron chi connectivity index (χ2n) is 8.66. The molecule has 0 radical (unpaired) electrons. The van der Waals surface area contributed by atoms with Gasteiger partial charge in [0.25, 0.3) is 0 Å². The van der Waals surface area contributed by atoms with E-state index >= 15 is 0 Å². The van der Waals surface area contributed by atoms with Crippen LogP contribution >= 0.6 is 0 Å². The Labute approximate surface area is 164 Å². The molecule has 28 heavy (non-hydrogen) atoms. The fourth-order valence-electron chi connectivity index (χ4n) is 5.20. The molecule has 5 rings (SSSR count). The summed E-state index contributed by atoms with van der Waals surface area (Å²) < 4.78 is 0. The summed E-state index contributed by atoms with van der Waals surface area (Å²) in [6.07, 6.45) is 7.82. The van der Waals surface area contributed by atoms with E-state index in [1.165, 1.54) is 0 Å². The quantitative estimate of drug-likeness (QED) is 0.803. The van der Waals surface area contributed by atoms with E-state index in [4.69, 9.17) is 4.98 Å². The topological polar surface area (TPSA) is 96.0 Å². The van der Waals surface area contributed by atoms with E-state index in [-0.39, 0.29) is 29.3 Å². The number of carbonyl (C=O) groups excluding carboxylic acids is 1. The predicted molar refractivity (Wildman–Crippen MR) is 102 cm³/mol. The van der Waals surface area contributed by atoms with Crippen LogP contribution in [-0.4, -0.2) is 47.0 Å². The summed E-state index contributed by atoms with van der Waals surface area (Å²) in [7, 11) is 0. The number of nitrogens with one attached hydrogen (secondary N) is 1. The molecule has 4 heterocycles. The summed E-state index contributed by atoms with van der Waals surface area (Å²) >= 11 is 0. The Bertz CT molecular complexity index is 882. The fourth-order valence-corrected chi connectivity index (χ4v) is 5.20. The first-order chi connectivity index (χ1) is 13.6. The molecule has 4 fully saturated rings. The number of nitriles is 2. The Morgan fingerprint density at radius 2 is 2.11 bits per heavy atom. The SMILES string of the molecule is N#CN1[C@H]2CC[C@@H]1[C@H](NC(=O)[C@H]1CCN(c3cccc(C4(C#N)CC4)n3)C1)C2. The summed E-state index contributed by atoms with van der Waals surface area (Å²) in [5.74, 6) is 0.917. The summed E-state index contributed by atoms with van der Waals surface area (Å²) in [6, 6.07) is 8.87. The van der Waals surface area contributed by atoms with Crippen LogP contribution in [0.3, 0.4) is 0 Å². The molecule has 2 bridgehead atoms. The van der Waals surface area contributed by atoms with Gasteiger partial charge in [-0.15, -0.1) is 0 Å². The van der Waals surface area contributed by atoms with E-state index in [2.05, 4.69) is 22.5 Å². The molecule has 4 aliphatic rings. The molecule has 3 saturated heterocycles. The third-order valence-electron chi connectivity index (χ3n) is 7.05. The van der Waals surface area contributed by atoms with Gasteiger partial charge in [0, 0.05) is 19.1 Å². The monoisotopic (exact) mass is 376 g/mol. The van der Waals surface area contributed by atoms with Gasteiger partial charge >= 0.3 is 0 Å². The smallest absolute Gasteiger partial charge is 0.225 e. The van der Waals surface area contributed by atoms with Crippen molar-refractivity contribution in [1.29, 1.82) is 10.5 Å². The van der Waals surface area contributed by atoms with Crippen molar-refractivity contribution in [2.45, 2.75) is 62.1 Å². The van der Waals surface area contributed by atoms with Crippen molar-refractivity contribution < 1.29 is 4.79 Å². The summed E-state index contributed by atoms with van der Waals surface area (Å²) in [6.45, 7) is 1.46. The lowest BCUT2D eigenvalue weighted by atomic mass is 9.95. The second kappa shape index (κ2) is 6.38. The van der Waals surface area contributed by atoms with Crippen LogP contribution in [0.25, 0.3) is 0 Å². The molecule has 1 amide bonds. The van der Waals surface area contributed by atoms with E-state index < -0.39 is 0 Å². The van der Waals surface area contributed by atoms with Crippen molar-refractivity contribution in [3.8, 4) is 12.3 Å². The van der Waals surface area contributed by atoms with Crippen LogP contribution in [0.2, 0.25) is 0 Å². The lowest BCUT2D eigenvalue weighted by Crippen LogP contribution is -2.46. The normalized spacial score (nSPS) is 32.1. The zero-order valence-corrected chi connectivity index (χ0v) is 15.8. The van der Waals surface area contributed by atoms with Gasteiger partial charge in [-0.3, -0.25) is 4.79 Å². The van der Waals surface area contributed by atoms with Crippen LogP contribution < -0.4 is 10.2 Å². The minimum Gasteiger partial charge on any atom is -0.356 e. The highest BCUT2D eigenvalue weighted by molar-refractivity contribution is 5.80. The van der Waals surface area contributed by atoms with E-state index in [1.807, 2.05) is 23.1 Å². The largest absolute Gasteiger partial charge is 0.356 e. The van der Waals surface area contributed by atoms with Gasteiger partial charge in [-0.05, 0) is 50.7 Å². The van der Waals surface area contributed by atoms with Crippen molar-refractivity contribution >= 4 is 11.7 Å². The number of aromatic nitrogens is 1. The molecule has 1 N–H and O–H groups in total. The first-order valence-corrected chi connectivity index (χ1v) is 10.3. The van der Waals surface area contributed by atoms with Crippen LogP contribution in [-0.2, 0) is 10.2 Å². The van der Waals surface area contributed by atoms with Gasteiger partial charge in [-0.1, -0.05) is 6.07 Å². The molecule has 0 spiro atoms. The number of hydrogen-bond acceptors (Lipinski definition) is 6. The van der Waals surface area contributed by atoms with Crippen molar-refractivity contribution in [3.63, 3.8) is 0 Å². The highest BCUT2D eigenvalue weighted by Gasteiger charge is 2.48. The van der Waals surface area contributed by atoms with E-state index in [0.29, 0.717) is 12.6 Å². The molecular formula is C21H24N6O. The van der Waals surface area contributed by atoms with Crippen molar-refractivity contribution in [2.75, 3.05) is 18.0 Å². The number of fused-ring (bicyclic) bond motifs is 2. The highest BCUT2D eigenvalue weighted by atomic mass is 16.2. The third kappa shape index (κ3) is 2.69. The zero-order chi connectivity index (χ0) is 19.3. The maximum Gasteiger partial charge on any atom is 0.225 e. The average molecular weight is 376 g/mol. The molecular weight excluding hydrogens is 352 g/mol. The molecule has 0 aromatic carbocycles. The lowest BCUT2D eigenvalue weighted by Gasteiger charge is -2.24. The molecule has 7 heteroatoms. The van der Waals surface area contributed by atoms with Crippen LogP contribution in [0.1, 0.15) is 44.2 Å². The summed E-state index contributed by atoms with van der Waals surface area (Å²) in [4.78, 5) is 21.6. The van der Waals surface area contributed by atoms with Crippen LogP contribution in [0.5, 0.6) is 0 Å². The first kappa shape index (κ1) is 17.3. The Hall–Kier alpha value is -2.80. The number of nitrogens with zero attached hydrogens (tertiary/aromatic N) is 5. The van der Waals surface area contributed by atoms with Gasteiger partial charge in [0.05, 0.1) is 35.2 Å². The van der Waals surface area contributed by atoms with E-state index in [9.17, 15) is 15.3 Å². The Morgan fingerprint density at radius 1 is 1.25 bits per heavy atom. The number of hydrogen-bond donors (Lipinski definition) is 1. The molecule has 3 aliphatic heterocycles. The number of carbonyl (C=O) groups is 1. The molecule has 144 valence electrons. The lowest BCUT2D eigenvalue weighted by molar-refractivity contribution is -0.125. The van der Waals surface area contributed by atoms with Gasteiger partial charge in [-0.2, -0.15) is 10.5 Å². The van der Waals surface area contributed by atoms with Crippen molar-refractivity contribution in [2.24, 2.45) is 5.92 Å². The minimum atomic E-state index is -0.388. The van der Waals surface area contributed by atoms with Gasteiger partial charge in [-0.25, -0.2) is 4.98 Å². The van der Waals surface area contributed by atoms with Gasteiger partial charge in [0.15, 0.2) is 6.19 Å². The second-order valence-corrected chi connectivity index (χ2v) is 8.66. The zero-order valence-electron chi connectivity index (χ0n) is 15.8. The molecule has 4 atom stereocenters.